The normalized spacial score (nSPS) is 22.3. The van der Waals surface area contributed by atoms with E-state index in [1.54, 1.807) is 4.90 Å². The van der Waals surface area contributed by atoms with Gasteiger partial charge < -0.3 is 14.9 Å². The highest BCUT2D eigenvalue weighted by Gasteiger charge is 2.47. The maximum absolute atomic E-state index is 13.4. The van der Waals surface area contributed by atoms with Crippen LogP contribution in [0.2, 0.25) is 0 Å². The highest BCUT2D eigenvalue weighted by atomic mass is 19.2. The van der Waals surface area contributed by atoms with Crippen molar-refractivity contribution in [2.75, 3.05) is 26.2 Å². The zero-order chi connectivity index (χ0) is 18.2. The Morgan fingerprint density at radius 2 is 1.96 bits per heavy atom. The molecule has 5 nitrogen and oxygen atoms in total. The average Bonchev–Trinajstić information content (AvgIpc) is 2.60. The van der Waals surface area contributed by atoms with Gasteiger partial charge in [0.1, 0.15) is 5.60 Å². The van der Waals surface area contributed by atoms with Gasteiger partial charge in [-0.2, -0.15) is 0 Å². The maximum atomic E-state index is 13.4. The number of nitrogens with zero attached hydrogens (tertiary/aromatic N) is 2. The van der Waals surface area contributed by atoms with E-state index in [1.165, 1.54) is 17.0 Å². The first-order valence-corrected chi connectivity index (χ1v) is 8.22. The summed E-state index contributed by atoms with van der Waals surface area (Å²) >= 11 is 0. The summed E-state index contributed by atoms with van der Waals surface area (Å²) in [5.74, 6) is -2.64. The minimum absolute atomic E-state index is 0.0306. The first-order valence-electron chi connectivity index (χ1n) is 8.22. The highest BCUT2D eigenvalue weighted by Crippen LogP contribution is 2.34. The molecule has 1 unspecified atom stereocenters. The Morgan fingerprint density at radius 1 is 1.24 bits per heavy atom. The molecule has 2 fully saturated rings. The predicted molar refractivity (Wildman–Crippen MR) is 86.3 cm³/mol. The second-order valence-electron chi connectivity index (χ2n) is 6.68. The van der Waals surface area contributed by atoms with E-state index < -0.39 is 17.2 Å². The van der Waals surface area contributed by atoms with Gasteiger partial charge >= 0.3 is 0 Å². The summed E-state index contributed by atoms with van der Waals surface area (Å²) in [4.78, 5) is 27.4. The Balaban J connectivity index is 1.63. The molecule has 2 heterocycles. The number of carbonyl (C=O) groups is 2. The maximum Gasteiger partial charge on any atom is 0.245 e. The number of likely N-dealkylation sites (tertiary alicyclic amines) is 2. The Bertz CT molecular complexity index is 716. The molecule has 0 spiro atoms. The van der Waals surface area contributed by atoms with E-state index in [0.717, 1.165) is 18.6 Å². The Labute approximate surface area is 144 Å². The number of benzene rings is 1. The lowest BCUT2D eigenvalue weighted by Gasteiger charge is -2.48. The molecule has 1 aromatic rings. The minimum Gasteiger partial charge on any atom is -0.381 e. The van der Waals surface area contributed by atoms with E-state index in [-0.39, 0.29) is 36.4 Å². The summed E-state index contributed by atoms with van der Waals surface area (Å²) in [7, 11) is 0. The fourth-order valence-corrected chi connectivity index (χ4v) is 3.48. The average molecular weight is 350 g/mol. The van der Waals surface area contributed by atoms with Crippen LogP contribution in [0.1, 0.15) is 18.4 Å². The molecular formula is C18H20F2N2O3. The van der Waals surface area contributed by atoms with Crippen molar-refractivity contribution in [1.29, 1.82) is 0 Å². The molecule has 2 amide bonds. The van der Waals surface area contributed by atoms with E-state index >= 15 is 0 Å². The number of piperidine rings is 1. The SMILES string of the molecule is C=CC(=O)N1CCCC(C(=O)N2CC(O)(c3ccc(F)c(F)c3)C2)C1. The zero-order valence-electron chi connectivity index (χ0n) is 13.8. The van der Waals surface area contributed by atoms with Crippen LogP contribution in [0.5, 0.6) is 0 Å². The van der Waals surface area contributed by atoms with Crippen molar-refractivity contribution < 1.29 is 23.5 Å². The van der Waals surface area contributed by atoms with Crippen LogP contribution in [0.15, 0.2) is 30.9 Å². The van der Waals surface area contributed by atoms with E-state index in [2.05, 4.69) is 6.58 Å². The van der Waals surface area contributed by atoms with Crippen LogP contribution >= 0.6 is 0 Å². The lowest BCUT2D eigenvalue weighted by atomic mass is 9.84. The number of hydrogen-bond acceptors (Lipinski definition) is 3. The first-order chi connectivity index (χ1) is 11.8. The number of rotatable bonds is 3. The van der Waals surface area contributed by atoms with Crippen LogP contribution in [0.4, 0.5) is 8.78 Å². The van der Waals surface area contributed by atoms with Gasteiger partial charge in [-0.15, -0.1) is 0 Å². The van der Waals surface area contributed by atoms with Gasteiger partial charge in [-0.25, -0.2) is 8.78 Å². The van der Waals surface area contributed by atoms with Gasteiger partial charge in [-0.05, 0) is 36.6 Å². The second kappa shape index (κ2) is 6.55. The number of amides is 2. The van der Waals surface area contributed by atoms with Gasteiger partial charge in [-0.1, -0.05) is 12.6 Å². The molecule has 0 saturated carbocycles. The minimum atomic E-state index is -1.37. The van der Waals surface area contributed by atoms with E-state index in [4.69, 9.17) is 0 Å². The molecule has 2 aliphatic heterocycles. The van der Waals surface area contributed by atoms with Crippen molar-refractivity contribution in [1.82, 2.24) is 9.80 Å². The van der Waals surface area contributed by atoms with Crippen LogP contribution < -0.4 is 0 Å². The van der Waals surface area contributed by atoms with Crippen LogP contribution in [0.25, 0.3) is 0 Å². The fraction of sp³-hybridized carbons (Fsp3) is 0.444. The van der Waals surface area contributed by atoms with Crippen LogP contribution in [-0.2, 0) is 15.2 Å². The number of β-amino-alcohol motifs (C(OH)–C–C–N with tert-alkyl or cyclic N) is 1. The lowest BCUT2D eigenvalue weighted by molar-refractivity contribution is -0.163. The van der Waals surface area contributed by atoms with Gasteiger partial charge in [0.05, 0.1) is 19.0 Å². The third-order valence-corrected chi connectivity index (χ3v) is 4.93. The molecule has 3 rings (SSSR count). The summed E-state index contributed by atoms with van der Waals surface area (Å²) in [6, 6.07) is 3.25. The number of hydrogen-bond donors (Lipinski definition) is 1. The third-order valence-electron chi connectivity index (χ3n) is 4.93. The van der Waals surface area contributed by atoms with Crippen molar-refractivity contribution in [2.45, 2.75) is 18.4 Å². The van der Waals surface area contributed by atoms with Gasteiger partial charge in [0, 0.05) is 13.1 Å². The Kier molecular flexibility index (Phi) is 4.60. The molecule has 134 valence electrons. The molecule has 2 saturated heterocycles. The van der Waals surface area contributed by atoms with Gasteiger partial charge in [0.25, 0.3) is 0 Å². The van der Waals surface area contributed by atoms with Crippen LogP contribution in [0, 0.1) is 17.6 Å². The van der Waals surface area contributed by atoms with Crippen LogP contribution in [0.3, 0.4) is 0 Å². The lowest BCUT2D eigenvalue weighted by Crippen LogP contribution is -2.63. The molecule has 1 aromatic carbocycles. The van der Waals surface area contributed by atoms with E-state index in [9.17, 15) is 23.5 Å². The zero-order valence-corrected chi connectivity index (χ0v) is 13.8. The fourth-order valence-electron chi connectivity index (χ4n) is 3.48. The molecule has 2 aliphatic rings. The molecule has 0 aliphatic carbocycles. The quantitative estimate of drug-likeness (QED) is 0.839. The highest BCUT2D eigenvalue weighted by molar-refractivity contribution is 5.88. The van der Waals surface area contributed by atoms with Crippen molar-refractivity contribution in [3.8, 4) is 0 Å². The topological polar surface area (TPSA) is 60.9 Å². The summed E-state index contributed by atoms with van der Waals surface area (Å²) in [5.41, 5.74) is -1.11. The largest absolute Gasteiger partial charge is 0.381 e. The van der Waals surface area contributed by atoms with Crippen molar-refractivity contribution in [3.63, 3.8) is 0 Å². The first kappa shape index (κ1) is 17.5. The van der Waals surface area contributed by atoms with Crippen molar-refractivity contribution >= 4 is 11.8 Å². The summed E-state index contributed by atoms with van der Waals surface area (Å²) < 4.78 is 26.4. The number of aliphatic hydroxyl groups is 1. The van der Waals surface area contributed by atoms with Crippen LogP contribution in [-0.4, -0.2) is 52.9 Å². The summed E-state index contributed by atoms with van der Waals surface area (Å²) in [5, 5.41) is 10.5. The van der Waals surface area contributed by atoms with Gasteiger partial charge in [0.15, 0.2) is 11.6 Å². The van der Waals surface area contributed by atoms with Crippen molar-refractivity contribution in [2.24, 2.45) is 5.92 Å². The van der Waals surface area contributed by atoms with Crippen molar-refractivity contribution in [3.05, 3.63) is 48.1 Å². The number of halogens is 2. The van der Waals surface area contributed by atoms with Gasteiger partial charge in [0.2, 0.25) is 11.8 Å². The molecule has 1 N–H and O–H groups in total. The van der Waals surface area contributed by atoms with E-state index in [1.807, 2.05) is 0 Å². The van der Waals surface area contributed by atoms with Gasteiger partial charge in [-0.3, -0.25) is 9.59 Å². The molecule has 1 atom stereocenters. The molecular weight excluding hydrogens is 330 g/mol. The molecule has 7 heteroatoms. The monoisotopic (exact) mass is 350 g/mol. The Morgan fingerprint density at radius 3 is 2.60 bits per heavy atom. The third kappa shape index (κ3) is 3.28. The second-order valence-corrected chi connectivity index (χ2v) is 6.68. The Hall–Kier alpha value is -2.28. The molecule has 0 bridgehead atoms. The summed E-state index contributed by atoms with van der Waals surface area (Å²) in [6.07, 6.45) is 2.65. The molecule has 0 radical (unpaired) electrons. The molecule has 25 heavy (non-hydrogen) atoms. The smallest absolute Gasteiger partial charge is 0.245 e. The van der Waals surface area contributed by atoms with E-state index in [0.29, 0.717) is 19.5 Å². The number of carbonyl (C=O) groups excluding carboxylic acids is 2. The standard InChI is InChI=1S/C18H20F2N2O3/c1-2-16(23)21-7-3-4-12(9-21)17(24)22-10-18(25,11-22)13-5-6-14(19)15(20)8-13/h2,5-6,8,12,25H,1,3-4,7,9-11H2. The summed E-state index contributed by atoms with van der Waals surface area (Å²) in [6.45, 7) is 4.46. The molecule has 0 aromatic heterocycles. The predicted octanol–water partition coefficient (Wildman–Crippen LogP) is 1.42.